The van der Waals surface area contributed by atoms with Crippen LogP contribution in [0.25, 0.3) is 0 Å². The van der Waals surface area contributed by atoms with Gasteiger partial charge in [-0.3, -0.25) is 4.79 Å². The number of rotatable bonds is 8. The average Bonchev–Trinajstić information content (AvgIpc) is 2.55. The number of unbranched alkanes of at least 4 members (excludes halogenated alkanes) is 2. The van der Waals surface area contributed by atoms with Gasteiger partial charge in [-0.25, -0.2) is 0 Å². The summed E-state index contributed by atoms with van der Waals surface area (Å²) in [5, 5.41) is 0. The number of carbonyl (C=O) groups excluding carboxylic acids is 1. The van der Waals surface area contributed by atoms with Gasteiger partial charge >= 0.3 is 0 Å². The molecule has 0 aliphatic heterocycles. The van der Waals surface area contributed by atoms with Crippen LogP contribution in [-0.4, -0.2) is 5.78 Å². The fourth-order valence-corrected chi connectivity index (χ4v) is 3.77. The number of Topliss-reactive ketones (excluding diaryl/α,β-unsaturated/α-hetero) is 1. The van der Waals surface area contributed by atoms with E-state index in [1.165, 1.54) is 69.8 Å². The Balaban J connectivity index is 1.67. The Morgan fingerprint density at radius 1 is 0.955 bits per heavy atom. The number of carbonyl (C=O) groups is 1. The van der Waals surface area contributed by atoms with Gasteiger partial charge in [-0.15, -0.1) is 0 Å². The Morgan fingerprint density at radius 3 is 2.09 bits per heavy atom. The largest absolute Gasteiger partial charge is 0.295 e. The van der Waals surface area contributed by atoms with Crippen LogP contribution < -0.4 is 0 Å². The summed E-state index contributed by atoms with van der Waals surface area (Å²) in [5.74, 6) is 2.10. The summed E-state index contributed by atoms with van der Waals surface area (Å²) in [4.78, 5) is 11.3. The molecule has 0 saturated heterocycles. The predicted molar refractivity (Wildman–Crippen MR) is 94.4 cm³/mol. The van der Waals surface area contributed by atoms with Gasteiger partial charge in [0, 0.05) is 5.56 Å². The van der Waals surface area contributed by atoms with Crippen LogP contribution in [0.15, 0.2) is 24.3 Å². The van der Waals surface area contributed by atoms with E-state index in [1.54, 1.807) is 6.92 Å². The van der Waals surface area contributed by atoms with Crippen LogP contribution in [0.5, 0.6) is 0 Å². The molecule has 0 aromatic heterocycles. The van der Waals surface area contributed by atoms with Crippen molar-refractivity contribution < 1.29 is 4.79 Å². The first kappa shape index (κ1) is 17.2. The van der Waals surface area contributed by atoms with Crippen molar-refractivity contribution in [1.29, 1.82) is 0 Å². The van der Waals surface area contributed by atoms with Crippen molar-refractivity contribution in [2.75, 3.05) is 0 Å². The van der Waals surface area contributed by atoms with Gasteiger partial charge in [0.1, 0.15) is 0 Å². The highest BCUT2D eigenvalue weighted by atomic mass is 16.1. The molecule has 0 heterocycles. The number of ketones is 1. The first-order valence-electron chi connectivity index (χ1n) is 9.29. The molecule has 1 fully saturated rings. The van der Waals surface area contributed by atoms with Crippen LogP contribution in [0.3, 0.4) is 0 Å². The van der Waals surface area contributed by atoms with Crippen LogP contribution in [0, 0.1) is 11.8 Å². The van der Waals surface area contributed by atoms with Crippen LogP contribution in [0.2, 0.25) is 0 Å². The Labute approximate surface area is 136 Å². The molecular weight excluding hydrogens is 268 g/mol. The summed E-state index contributed by atoms with van der Waals surface area (Å²) in [6.07, 6.45) is 13.9. The minimum absolute atomic E-state index is 0.160. The van der Waals surface area contributed by atoms with Gasteiger partial charge in [-0.1, -0.05) is 82.6 Å². The molecule has 1 aromatic rings. The molecule has 1 aromatic carbocycles. The maximum Gasteiger partial charge on any atom is 0.159 e. The maximum atomic E-state index is 11.3. The zero-order valence-electron chi connectivity index (χ0n) is 14.4. The molecule has 22 heavy (non-hydrogen) atoms. The second-order valence-electron chi connectivity index (χ2n) is 7.17. The van der Waals surface area contributed by atoms with E-state index < -0.39 is 0 Å². The van der Waals surface area contributed by atoms with E-state index in [0.717, 1.165) is 17.4 Å². The highest BCUT2D eigenvalue weighted by Crippen LogP contribution is 2.34. The van der Waals surface area contributed by atoms with Gasteiger partial charge in [0.25, 0.3) is 0 Å². The van der Waals surface area contributed by atoms with E-state index in [0.29, 0.717) is 0 Å². The van der Waals surface area contributed by atoms with Crippen LogP contribution in [0.4, 0.5) is 0 Å². The summed E-state index contributed by atoms with van der Waals surface area (Å²) < 4.78 is 0. The van der Waals surface area contributed by atoms with Crippen molar-refractivity contribution in [3.63, 3.8) is 0 Å². The molecular formula is C21H32O. The molecule has 0 amide bonds. The lowest BCUT2D eigenvalue weighted by molar-refractivity contribution is 0.101. The Morgan fingerprint density at radius 2 is 1.55 bits per heavy atom. The Bertz CT molecular complexity index is 437. The highest BCUT2D eigenvalue weighted by molar-refractivity contribution is 5.93. The highest BCUT2D eigenvalue weighted by Gasteiger charge is 2.20. The normalized spacial score (nSPS) is 21.7. The van der Waals surface area contributed by atoms with E-state index in [9.17, 15) is 4.79 Å². The van der Waals surface area contributed by atoms with E-state index >= 15 is 0 Å². The lowest BCUT2D eigenvalue weighted by Crippen LogP contribution is -2.15. The topological polar surface area (TPSA) is 17.1 Å². The summed E-state index contributed by atoms with van der Waals surface area (Å²) in [6, 6.07) is 8.21. The molecule has 2 rings (SSSR count). The van der Waals surface area contributed by atoms with Gasteiger partial charge in [0.15, 0.2) is 5.78 Å². The quantitative estimate of drug-likeness (QED) is 0.412. The molecule has 0 bridgehead atoms. The summed E-state index contributed by atoms with van der Waals surface area (Å²) in [7, 11) is 0. The molecule has 1 aliphatic carbocycles. The van der Waals surface area contributed by atoms with Crippen molar-refractivity contribution in [3.05, 3.63) is 35.4 Å². The number of aryl methyl sites for hydroxylation is 1. The molecule has 0 N–H and O–H groups in total. The van der Waals surface area contributed by atoms with E-state index in [2.05, 4.69) is 19.1 Å². The molecule has 1 saturated carbocycles. The molecule has 0 spiro atoms. The third kappa shape index (κ3) is 5.59. The second kappa shape index (κ2) is 9.12. The SMILES string of the molecule is CCCCCC1CCC(CCc2ccc(C(C)=O)cc2)CC1. The molecule has 0 atom stereocenters. The third-order valence-corrected chi connectivity index (χ3v) is 5.38. The van der Waals surface area contributed by atoms with E-state index in [1.807, 2.05) is 12.1 Å². The van der Waals surface area contributed by atoms with Gasteiger partial charge in [-0.2, -0.15) is 0 Å². The third-order valence-electron chi connectivity index (χ3n) is 5.38. The average molecular weight is 300 g/mol. The Hall–Kier alpha value is -1.11. The molecule has 122 valence electrons. The lowest BCUT2D eigenvalue weighted by atomic mass is 9.78. The molecule has 1 heteroatoms. The van der Waals surface area contributed by atoms with Crippen LogP contribution in [0.1, 0.15) is 87.6 Å². The van der Waals surface area contributed by atoms with Crippen molar-refractivity contribution in [2.24, 2.45) is 11.8 Å². The monoisotopic (exact) mass is 300 g/mol. The van der Waals surface area contributed by atoms with Crippen molar-refractivity contribution in [2.45, 2.75) is 78.1 Å². The van der Waals surface area contributed by atoms with Gasteiger partial charge in [-0.05, 0) is 37.2 Å². The molecule has 0 radical (unpaired) electrons. The summed E-state index contributed by atoms with van der Waals surface area (Å²) in [6.45, 7) is 3.92. The molecule has 0 unspecified atom stereocenters. The molecule has 1 nitrogen and oxygen atoms in total. The predicted octanol–water partition coefficient (Wildman–Crippen LogP) is 6.21. The smallest absolute Gasteiger partial charge is 0.159 e. The van der Waals surface area contributed by atoms with Crippen LogP contribution >= 0.6 is 0 Å². The number of benzene rings is 1. The fraction of sp³-hybridized carbons (Fsp3) is 0.667. The first-order chi connectivity index (χ1) is 10.7. The van der Waals surface area contributed by atoms with Gasteiger partial charge in [0.2, 0.25) is 0 Å². The van der Waals surface area contributed by atoms with E-state index in [-0.39, 0.29) is 5.78 Å². The zero-order chi connectivity index (χ0) is 15.8. The van der Waals surface area contributed by atoms with E-state index in [4.69, 9.17) is 0 Å². The van der Waals surface area contributed by atoms with Crippen molar-refractivity contribution >= 4 is 5.78 Å². The van der Waals surface area contributed by atoms with Crippen molar-refractivity contribution in [3.8, 4) is 0 Å². The number of hydrogen-bond donors (Lipinski definition) is 0. The van der Waals surface area contributed by atoms with Gasteiger partial charge < -0.3 is 0 Å². The lowest BCUT2D eigenvalue weighted by Gasteiger charge is -2.28. The first-order valence-corrected chi connectivity index (χ1v) is 9.29. The van der Waals surface area contributed by atoms with Crippen molar-refractivity contribution in [1.82, 2.24) is 0 Å². The minimum Gasteiger partial charge on any atom is -0.295 e. The minimum atomic E-state index is 0.160. The summed E-state index contributed by atoms with van der Waals surface area (Å²) in [5.41, 5.74) is 2.21. The molecule has 1 aliphatic rings. The van der Waals surface area contributed by atoms with Gasteiger partial charge in [0.05, 0.1) is 0 Å². The Kier molecular flexibility index (Phi) is 7.15. The fourth-order valence-electron chi connectivity index (χ4n) is 3.77. The maximum absolute atomic E-state index is 11.3. The zero-order valence-corrected chi connectivity index (χ0v) is 14.4. The van der Waals surface area contributed by atoms with Crippen LogP contribution in [-0.2, 0) is 6.42 Å². The number of hydrogen-bond acceptors (Lipinski definition) is 1. The standard InChI is InChI=1S/C21H32O/c1-3-4-5-6-18-7-9-19(10-8-18)11-12-20-13-15-21(16-14-20)17(2)22/h13-16,18-19H,3-12H2,1-2H3. The summed E-state index contributed by atoms with van der Waals surface area (Å²) >= 11 is 0. The second-order valence-corrected chi connectivity index (χ2v) is 7.17.